The first-order valence-corrected chi connectivity index (χ1v) is 10.0. The molecule has 0 unspecified atom stereocenters. The van der Waals surface area contributed by atoms with Gasteiger partial charge in [-0.05, 0) is 24.6 Å². The SMILES string of the molecule is O=C(c1ccccc1F)N1CCCN(c2ccc([N+](=O)[O-])c(-c3ccccc3)n2)CC1. The monoisotopic (exact) mass is 420 g/mol. The standard InChI is InChI=1S/C23H21FN4O3/c24-19-10-5-4-9-18(19)23(29)27-14-6-13-26(15-16-27)21-12-11-20(28(30)31)22(25-21)17-7-2-1-3-8-17/h1-5,7-12H,6,13-16H2. The van der Waals surface area contributed by atoms with Crippen LogP contribution in [0.15, 0.2) is 66.7 Å². The maximum absolute atomic E-state index is 14.0. The van der Waals surface area contributed by atoms with Crippen LogP contribution in [0.25, 0.3) is 11.3 Å². The van der Waals surface area contributed by atoms with Gasteiger partial charge in [0.15, 0.2) is 5.69 Å². The molecule has 0 N–H and O–H groups in total. The van der Waals surface area contributed by atoms with Gasteiger partial charge in [0.1, 0.15) is 11.6 Å². The van der Waals surface area contributed by atoms with E-state index in [4.69, 9.17) is 0 Å². The molecule has 0 spiro atoms. The van der Waals surface area contributed by atoms with Crippen molar-refractivity contribution in [3.8, 4) is 11.3 Å². The first-order valence-electron chi connectivity index (χ1n) is 10.0. The van der Waals surface area contributed by atoms with Crippen LogP contribution in [0.1, 0.15) is 16.8 Å². The molecule has 31 heavy (non-hydrogen) atoms. The normalized spacial score (nSPS) is 14.2. The Kier molecular flexibility index (Phi) is 5.88. The predicted molar refractivity (Wildman–Crippen MR) is 115 cm³/mol. The highest BCUT2D eigenvalue weighted by Gasteiger charge is 2.24. The van der Waals surface area contributed by atoms with Crippen LogP contribution < -0.4 is 4.90 Å². The number of hydrogen-bond acceptors (Lipinski definition) is 5. The number of anilines is 1. The molecule has 1 aliphatic heterocycles. The van der Waals surface area contributed by atoms with Crippen molar-refractivity contribution in [1.82, 2.24) is 9.88 Å². The van der Waals surface area contributed by atoms with Crippen LogP contribution >= 0.6 is 0 Å². The van der Waals surface area contributed by atoms with E-state index in [1.807, 2.05) is 23.1 Å². The zero-order chi connectivity index (χ0) is 21.8. The number of nitrogens with zero attached hydrogens (tertiary/aromatic N) is 4. The van der Waals surface area contributed by atoms with E-state index in [2.05, 4.69) is 4.98 Å². The average Bonchev–Trinajstić information content (AvgIpc) is 3.05. The van der Waals surface area contributed by atoms with Gasteiger partial charge in [-0.25, -0.2) is 9.37 Å². The largest absolute Gasteiger partial charge is 0.355 e. The summed E-state index contributed by atoms with van der Waals surface area (Å²) in [5.74, 6) is -0.246. The highest BCUT2D eigenvalue weighted by atomic mass is 19.1. The molecule has 7 nitrogen and oxygen atoms in total. The van der Waals surface area contributed by atoms with Gasteiger partial charge in [0, 0.05) is 37.8 Å². The molecule has 2 heterocycles. The van der Waals surface area contributed by atoms with Gasteiger partial charge in [0.2, 0.25) is 0 Å². The van der Waals surface area contributed by atoms with Gasteiger partial charge in [-0.2, -0.15) is 0 Å². The summed E-state index contributed by atoms with van der Waals surface area (Å²) in [5.41, 5.74) is 0.991. The van der Waals surface area contributed by atoms with Crippen molar-refractivity contribution < 1.29 is 14.1 Å². The van der Waals surface area contributed by atoms with Gasteiger partial charge in [-0.1, -0.05) is 42.5 Å². The topological polar surface area (TPSA) is 79.6 Å². The van der Waals surface area contributed by atoms with Gasteiger partial charge >= 0.3 is 0 Å². The zero-order valence-corrected chi connectivity index (χ0v) is 16.8. The lowest BCUT2D eigenvalue weighted by Crippen LogP contribution is -2.35. The summed E-state index contributed by atoms with van der Waals surface area (Å²) in [6, 6.07) is 18.1. The molecular weight excluding hydrogens is 399 g/mol. The molecule has 1 fully saturated rings. The van der Waals surface area contributed by atoms with Crippen LogP contribution in [0.5, 0.6) is 0 Å². The van der Waals surface area contributed by atoms with Crippen LogP contribution in [-0.2, 0) is 0 Å². The molecule has 1 amide bonds. The van der Waals surface area contributed by atoms with Crippen LogP contribution in [0, 0.1) is 15.9 Å². The third-order valence-electron chi connectivity index (χ3n) is 5.31. The van der Waals surface area contributed by atoms with Crippen molar-refractivity contribution >= 4 is 17.4 Å². The molecule has 0 aliphatic carbocycles. The summed E-state index contributed by atoms with van der Waals surface area (Å²) in [6.07, 6.45) is 0.680. The third kappa shape index (κ3) is 4.37. The van der Waals surface area contributed by atoms with Crippen molar-refractivity contribution in [2.75, 3.05) is 31.1 Å². The van der Waals surface area contributed by atoms with Crippen molar-refractivity contribution in [3.63, 3.8) is 0 Å². The highest BCUT2D eigenvalue weighted by molar-refractivity contribution is 5.94. The number of halogens is 1. The number of pyridine rings is 1. The highest BCUT2D eigenvalue weighted by Crippen LogP contribution is 2.30. The molecule has 1 aliphatic rings. The second-order valence-corrected chi connectivity index (χ2v) is 7.27. The molecule has 0 saturated carbocycles. The maximum atomic E-state index is 14.0. The molecule has 0 bridgehead atoms. The molecule has 1 aromatic heterocycles. The molecule has 0 atom stereocenters. The van der Waals surface area contributed by atoms with Gasteiger partial charge < -0.3 is 9.80 Å². The lowest BCUT2D eigenvalue weighted by Gasteiger charge is -2.23. The fourth-order valence-corrected chi connectivity index (χ4v) is 3.73. The fraction of sp³-hybridized carbons (Fsp3) is 0.217. The van der Waals surface area contributed by atoms with Gasteiger partial charge in [0.05, 0.1) is 10.5 Å². The average molecular weight is 420 g/mol. The molecule has 3 aromatic rings. The van der Waals surface area contributed by atoms with E-state index in [0.717, 1.165) is 0 Å². The Morgan fingerprint density at radius 1 is 0.935 bits per heavy atom. The van der Waals surface area contributed by atoms with Gasteiger partial charge in [-0.3, -0.25) is 14.9 Å². The first-order chi connectivity index (χ1) is 15.0. The summed E-state index contributed by atoms with van der Waals surface area (Å²) in [4.78, 5) is 32.1. The lowest BCUT2D eigenvalue weighted by atomic mass is 10.1. The Hall–Kier alpha value is -3.81. The van der Waals surface area contributed by atoms with E-state index in [-0.39, 0.29) is 17.2 Å². The molecule has 158 valence electrons. The maximum Gasteiger partial charge on any atom is 0.295 e. The number of nitro groups is 1. The minimum Gasteiger partial charge on any atom is -0.355 e. The molecular formula is C23H21FN4O3. The fourth-order valence-electron chi connectivity index (χ4n) is 3.73. The summed E-state index contributed by atoms with van der Waals surface area (Å²) in [7, 11) is 0. The van der Waals surface area contributed by atoms with Crippen LogP contribution in [-0.4, -0.2) is 46.9 Å². The minimum atomic E-state index is -0.529. The van der Waals surface area contributed by atoms with E-state index in [9.17, 15) is 19.3 Å². The second-order valence-electron chi connectivity index (χ2n) is 7.27. The quantitative estimate of drug-likeness (QED) is 0.468. The number of hydrogen-bond donors (Lipinski definition) is 0. The summed E-state index contributed by atoms with van der Waals surface area (Å²) >= 11 is 0. The Labute approximate surface area is 178 Å². The van der Waals surface area contributed by atoms with Crippen LogP contribution in [0.3, 0.4) is 0 Å². The zero-order valence-electron chi connectivity index (χ0n) is 16.8. The summed E-state index contributed by atoms with van der Waals surface area (Å²) < 4.78 is 14.0. The van der Waals surface area contributed by atoms with Crippen molar-refractivity contribution in [1.29, 1.82) is 0 Å². The van der Waals surface area contributed by atoms with Gasteiger partial charge in [0.25, 0.3) is 11.6 Å². The van der Waals surface area contributed by atoms with Crippen LogP contribution in [0.2, 0.25) is 0 Å². The van der Waals surface area contributed by atoms with Crippen molar-refractivity contribution in [2.45, 2.75) is 6.42 Å². The third-order valence-corrected chi connectivity index (χ3v) is 5.31. The number of benzene rings is 2. The Morgan fingerprint density at radius 3 is 2.42 bits per heavy atom. The Balaban J connectivity index is 1.56. The predicted octanol–water partition coefficient (Wildman–Crippen LogP) is 4.15. The van der Waals surface area contributed by atoms with E-state index in [0.29, 0.717) is 49.7 Å². The van der Waals surface area contributed by atoms with Crippen molar-refractivity contribution in [3.05, 3.63) is 88.2 Å². The Morgan fingerprint density at radius 2 is 1.68 bits per heavy atom. The van der Waals surface area contributed by atoms with E-state index in [1.54, 1.807) is 35.2 Å². The lowest BCUT2D eigenvalue weighted by molar-refractivity contribution is -0.384. The molecule has 2 aromatic carbocycles. The second kappa shape index (κ2) is 8.91. The van der Waals surface area contributed by atoms with Crippen LogP contribution in [0.4, 0.5) is 15.9 Å². The number of carbonyl (C=O) groups is 1. The number of carbonyl (C=O) groups excluding carboxylic acids is 1. The summed E-state index contributed by atoms with van der Waals surface area (Å²) in [5, 5.41) is 11.5. The van der Waals surface area contributed by atoms with E-state index < -0.39 is 10.7 Å². The minimum absolute atomic E-state index is 0.0545. The molecule has 4 rings (SSSR count). The molecule has 0 radical (unpaired) electrons. The smallest absolute Gasteiger partial charge is 0.295 e. The first kappa shape index (κ1) is 20.5. The van der Waals surface area contributed by atoms with E-state index >= 15 is 0 Å². The molecule has 1 saturated heterocycles. The number of rotatable bonds is 4. The number of aromatic nitrogens is 1. The summed E-state index contributed by atoms with van der Waals surface area (Å²) in [6.45, 7) is 2.05. The van der Waals surface area contributed by atoms with Crippen molar-refractivity contribution in [2.24, 2.45) is 0 Å². The molecule has 8 heteroatoms. The van der Waals surface area contributed by atoms with E-state index in [1.165, 1.54) is 18.2 Å². The number of amides is 1. The Bertz CT molecular complexity index is 1110. The van der Waals surface area contributed by atoms with Gasteiger partial charge in [-0.15, -0.1) is 0 Å².